The van der Waals surface area contributed by atoms with E-state index in [1.807, 2.05) is 0 Å². The molecule has 0 fully saturated rings. The number of hydrogen-bond acceptors (Lipinski definition) is 3. The molecular formula is C13H14ClNOS. The molecule has 0 aliphatic heterocycles. The first-order valence-corrected chi connectivity index (χ1v) is 6.77. The Morgan fingerprint density at radius 1 is 1.29 bits per heavy atom. The molecule has 1 aromatic heterocycles. The summed E-state index contributed by atoms with van der Waals surface area (Å²) in [6.07, 6.45) is 0.995. The van der Waals surface area contributed by atoms with Gasteiger partial charge >= 0.3 is 0 Å². The molecule has 0 saturated carbocycles. The molecule has 0 unspecified atom stereocenters. The van der Waals surface area contributed by atoms with Crippen molar-refractivity contribution in [3.63, 3.8) is 0 Å². The maximum atomic E-state index is 9.65. The van der Waals surface area contributed by atoms with E-state index in [2.05, 4.69) is 22.1 Å². The third-order valence-electron chi connectivity index (χ3n) is 2.57. The van der Waals surface area contributed by atoms with Crippen molar-refractivity contribution in [2.24, 2.45) is 0 Å². The molecule has 0 aliphatic rings. The van der Waals surface area contributed by atoms with E-state index in [9.17, 15) is 5.11 Å². The van der Waals surface area contributed by atoms with Gasteiger partial charge in [-0.2, -0.15) is 11.3 Å². The van der Waals surface area contributed by atoms with Gasteiger partial charge in [-0.3, -0.25) is 0 Å². The summed E-state index contributed by atoms with van der Waals surface area (Å²) in [6.45, 7) is 1.47. The van der Waals surface area contributed by atoms with E-state index < -0.39 is 0 Å². The van der Waals surface area contributed by atoms with Crippen LogP contribution in [0.15, 0.2) is 35.0 Å². The first-order valence-electron chi connectivity index (χ1n) is 5.45. The minimum Gasteiger partial charge on any atom is -0.508 e. The summed E-state index contributed by atoms with van der Waals surface area (Å²) in [5.74, 6) is 0.250. The summed E-state index contributed by atoms with van der Waals surface area (Å²) in [4.78, 5) is 0. The Morgan fingerprint density at radius 3 is 2.88 bits per heavy atom. The Balaban J connectivity index is 1.82. The second-order valence-corrected chi connectivity index (χ2v) is 4.98. The van der Waals surface area contributed by atoms with Crippen LogP contribution in [-0.4, -0.2) is 11.7 Å². The van der Waals surface area contributed by atoms with Crippen LogP contribution in [0, 0.1) is 0 Å². The Morgan fingerprint density at radius 2 is 2.18 bits per heavy atom. The van der Waals surface area contributed by atoms with Crippen LogP contribution < -0.4 is 5.32 Å². The topological polar surface area (TPSA) is 32.3 Å². The Labute approximate surface area is 110 Å². The van der Waals surface area contributed by atoms with Crippen molar-refractivity contribution in [1.29, 1.82) is 0 Å². The van der Waals surface area contributed by atoms with Crippen molar-refractivity contribution in [3.05, 3.63) is 51.2 Å². The largest absolute Gasteiger partial charge is 0.508 e. The molecule has 90 valence electrons. The van der Waals surface area contributed by atoms with Crippen LogP contribution in [-0.2, 0) is 13.0 Å². The van der Waals surface area contributed by atoms with Gasteiger partial charge in [0.15, 0.2) is 0 Å². The molecule has 0 saturated heterocycles. The fourth-order valence-corrected chi connectivity index (χ4v) is 2.54. The zero-order valence-electron chi connectivity index (χ0n) is 9.32. The van der Waals surface area contributed by atoms with Crippen molar-refractivity contribution in [2.45, 2.75) is 13.0 Å². The quantitative estimate of drug-likeness (QED) is 0.814. The van der Waals surface area contributed by atoms with Crippen LogP contribution in [0.5, 0.6) is 5.75 Å². The molecule has 1 heterocycles. The molecule has 0 radical (unpaired) electrons. The molecule has 2 rings (SSSR count). The van der Waals surface area contributed by atoms with Crippen LogP contribution in [0.2, 0.25) is 5.02 Å². The Kier molecular flexibility index (Phi) is 4.42. The standard InChI is InChI=1S/C13H14ClNOS/c14-12-2-1-3-13(16)11(12)8-15-6-4-10-5-7-17-9-10/h1-3,5,7,9,15-16H,4,6,8H2. The first-order chi connectivity index (χ1) is 8.27. The lowest BCUT2D eigenvalue weighted by Gasteiger charge is -2.08. The number of phenols is 1. The smallest absolute Gasteiger partial charge is 0.121 e. The summed E-state index contributed by atoms with van der Waals surface area (Å²) in [5.41, 5.74) is 2.10. The fourth-order valence-electron chi connectivity index (χ4n) is 1.60. The molecule has 0 atom stereocenters. The maximum Gasteiger partial charge on any atom is 0.121 e. The predicted molar refractivity (Wildman–Crippen MR) is 72.8 cm³/mol. The van der Waals surface area contributed by atoms with Gasteiger partial charge in [0, 0.05) is 17.1 Å². The van der Waals surface area contributed by atoms with Gasteiger partial charge in [0.1, 0.15) is 5.75 Å². The van der Waals surface area contributed by atoms with Crippen LogP contribution in [0.25, 0.3) is 0 Å². The molecule has 0 bridgehead atoms. The lowest BCUT2D eigenvalue weighted by molar-refractivity contribution is 0.464. The highest BCUT2D eigenvalue weighted by Crippen LogP contribution is 2.24. The van der Waals surface area contributed by atoms with Gasteiger partial charge in [0.2, 0.25) is 0 Å². The normalized spacial score (nSPS) is 10.6. The number of halogens is 1. The molecule has 17 heavy (non-hydrogen) atoms. The van der Waals surface area contributed by atoms with E-state index in [0.717, 1.165) is 18.5 Å². The second kappa shape index (κ2) is 6.05. The number of benzene rings is 1. The monoisotopic (exact) mass is 267 g/mol. The SMILES string of the molecule is Oc1cccc(Cl)c1CNCCc1ccsc1. The zero-order valence-corrected chi connectivity index (χ0v) is 10.9. The third kappa shape index (κ3) is 3.46. The molecule has 2 nitrogen and oxygen atoms in total. The minimum atomic E-state index is 0.250. The van der Waals surface area contributed by atoms with E-state index in [-0.39, 0.29) is 5.75 Å². The Bertz CT molecular complexity index is 450. The molecule has 2 N–H and O–H groups in total. The van der Waals surface area contributed by atoms with E-state index in [0.29, 0.717) is 11.6 Å². The molecular weight excluding hydrogens is 254 g/mol. The van der Waals surface area contributed by atoms with Crippen molar-refractivity contribution in [2.75, 3.05) is 6.54 Å². The van der Waals surface area contributed by atoms with Crippen molar-refractivity contribution < 1.29 is 5.11 Å². The summed E-state index contributed by atoms with van der Waals surface area (Å²) in [7, 11) is 0. The molecule has 0 spiro atoms. The van der Waals surface area contributed by atoms with Gasteiger partial charge in [-0.05, 0) is 47.5 Å². The lowest BCUT2D eigenvalue weighted by Crippen LogP contribution is -2.16. The van der Waals surface area contributed by atoms with Crippen LogP contribution in [0.3, 0.4) is 0 Å². The fraction of sp³-hybridized carbons (Fsp3) is 0.231. The zero-order chi connectivity index (χ0) is 12.1. The average molecular weight is 268 g/mol. The van der Waals surface area contributed by atoms with Gasteiger partial charge in [0.05, 0.1) is 0 Å². The highest BCUT2D eigenvalue weighted by atomic mass is 35.5. The van der Waals surface area contributed by atoms with E-state index in [1.54, 1.807) is 29.5 Å². The first kappa shape index (κ1) is 12.4. The number of hydrogen-bond donors (Lipinski definition) is 2. The van der Waals surface area contributed by atoms with Gasteiger partial charge in [-0.25, -0.2) is 0 Å². The summed E-state index contributed by atoms with van der Waals surface area (Å²) >= 11 is 7.72. The van der Waals surface area contributed by atoms with Crippen LogP contribution in [0.4, 0.5) is 0 Å². The Hall–Kier alpha value is -1.03. The number of rotatable bonds is 5. The summed E-state index contributed by atoms with van der Waals surface area (Å²) in [5, 5.41) is 17.8. The predicted octanol–water partition coefficient (Wildman–Crippen LogP) is 3.44. The number of aromatic hydroxyl groups is 1. The second-order valence-electron chi connectivity index (χ2n) is 3.80. The van der Waals surface area contributed by atoms with E-state index in [4.69, 9.17) is 11.6 Å². The maximum absolute atomic E-state index is 9.65. The lowest BCUT2D eigenvalue weighted by atomic mass is 10.2. The van der Waals surface area contributed by atoms with E-state index in [1.165, 1.54) is 5.56 Å². The molecule has 1 aromatic carbocycles. The number of thiophene rings is 1. The van der Waals surface area contributed by atoms with Crippen molar-refractivity contribution >= 4 is 22.9 Å². The molecule has 4 heteroatoms. The van der Waals surface area contributed by atoms with Crippen LogP contribution >= 0.6 is 22.9 Å². The third-order valence-corrected chi connectivity index (χ3v) is 3.65. The number of nitrogens with one attached hydrogen (secondary N) is 1. The van der Waals surface area contributed by atoms with E-state index >= 15 is 0 Å². The van der Waals surface area contributed by atoms with Crippen molar-refractivity contribution in [1.82, 2.24) is 5.32 Å². The molecule has 0 amide bonds. The molecule has 2 aromatic rings. The summed E-state index contributed by atoms with van der Waals surface area (Å²) < 4.78 is 0. The highest BCUT2D eigenvalue weighted by Gasteiger charge is 2.04. The highest BCUT2D eigenvalue weighted by molar-refractivity contribution is 7.07. The number of phenolic OH excluding ortho intramolecular Hbond substituents is 1. The average Bonchev–Trinajstić information content (AvgIpc) is 2.80. The minimum absolute atomic E-state index is 0.250. The van der Waals surface area contributed by atoms with Crippen LogP contribution in [0.1, 0.15) is 11.1 Å². The van der Waals surface area contributed by atoms with Crippen molar-refractivity contribution in [3.8, 4) is 5.75 Å². The van der Waals surface area contributed by atoms with Gasteiger partial charge in [0.25, 0.3) is 0 Å². The van der Waals surface area contributed by atoms with Gasteiger partial charge in [-0.15, -0.1) is 0 Å². The van der Waals surface area contributed by atoms with Gasteiger partial charge < -0.3 is 10.4 Å². The summed E-state index contributed by atoms with van der Waals surface area (Å²) in [6, 6.07) is 7.31. The molecule has 0 aliphatic carbocycles. The van der Waals surface area contributed by atoms with Gasteiger partial charge in [-0.1, -0.05) is 17.7 Å².